The highest BCUT2D eigenvalue weighted by Gasteiger charge is 2.45. The molecule has 0 saturated carbocycles. The molecular formula is C21H28FN3O3. The second-order valence-electron chi connectivity index (χ2n) is 8.37. The molecule has 152 valence electrons. The van der Waals surface area contributed by atoms with E-state index in [0.717, 1.165) is 45.3 Å². The average molecular weight is 389 g/mol. The van der Waals surface area contributed by atoms with E-state index >= 15 is 0 Å². The minimum atomic E-state index is -0.570. The SMILES string of the molecule is CN1CCC(C(=O)N2CCCC3(C2)CN(c2cccc(F)c2)C(=O)CO3)CC1. The van der Waals surface area contributed by atoms with Gasteiger partial charge in [0.15, 0.2) is 0 Å². The minimum absolute atomic E-state index is 0.0350. The van der Waals surface area contributed by atoms with Crippen molar-refractivity contribution in [2.75, 3.05) is 51.3 Å². The Morgan fingerprint density at radius 3 is 2.75 bits per heavy atom. The molecular weight excluding hydrogens is 361 g/mol. The highest BCUT2D eigenvalue weighted by Crippen LogP contribution is 2.33. The Labute approximate surface area is 165 Å². The molecule has 0 aromatic heterocycles. The molecule has 2 amide bonds. The first-order valence-corrected chi connectivity index (χ1v) is 10.1. The van der Waals surface area contributed by atoms with Gasteiger partial charge in [0.25, 0.3) is 5.91 Å². The molecule has 1 spiro atoms. The molecule has 3 aliphatic rings. The van der Waals surface area contributed by atoms with E-state index in [-0.39, 0.29) is 30.2 Å². The molecule has 0 aliphatic carbocycles. The first-order valence-electron chi connectivity index (χ1n) is 10.1. The molecule has 3 fully saturated rings. The van der Waals surface area contributed by atoms with Crippen molar-refractivity contribution in [3.8, 4) is 0 Å². The van der Waals surface area contributed by atoms with E-state index in [1.54, 1.807) is 17.0 Å². The molecule has 1 aromatic carbocycles. The summed E-state index contributed by atoms with van der Waals surface area (Å²) in [6.07, 6.45) is 3.44. The largest absolute Gasteiger partial charge is 0.361 e. The van der Waals surface area contributed by atoms with Crippen molar-refractivity contribution in [2.45, 2.75) is 31.3 Å². The lowest BCUT2D eigenvalue weighted by Crippen LogP contribution is -2.62. The summed E-state index contributed by atoms with van der Waals surface area (Å²) in [6, 6.07) is 6.09. The van der Waals surface area contributed by atoms with Gasteiger partial charge in [0, 0.05) is 18.2 Å². The van der Waals surface area contributed by atoms with Crippen LogP contribution in [-0.2, 0) is 14.3 Å². The van der Waals surface area contributed by atoms with Crippen LogP contribution in [0.15, 0.2) is 24.3 Å². The summed E-state index contributed by atoms with van der Waals surface area (Å²) in [6.45, 7) is 3.46. The fourth-order valence-electron chi connectivity index (χ4n) is 4.64. The Bertz CT molecular complexity index is 750. The van der Waals surface area contributed by atoms with E-state index in [1.165, 1.54) is 12.1 Å². The second kappa shape index (κ2) is 7.79. The zero-order chi connectivity index (χ0) is 19.7. The van der Waals surface area contributed by atoms with Crippen LogP contribution in [0.1, 0.15) is 25.7 Å². The Hall–Kier alpha value is -1.99. The number of halogens is 1. The molecule has 6 nitrogen and oxygen atoms in total. The van der Waals surface area contributed by atoms with Crippen LogP contribution >= 0.6 is 0 Å². The van der Waals surface area contributed by atoms with Gasteiger partial charge in [0.05, 0.1) is 13.1 Å². The zero-order valence-electron chi connectivity index (χ0n) is 16.4. The third kappa shape index (κ3) is 3.91. The van der Waals surface area contributed by atoms with Crippen molar-refractivity contribution in [2.24, 2.45) is 5.92 Å². The summed E-state index contributed by atoms with van der Waals surface area (Å²) in [5, 5.41) is 0. The molecule has 28 heavy (non-hydrogen) atoms. The van der Waals surface area contributed by atoms with E-state index in [2.05, 4.69) is 11.9 Å². The van der Waals surface area contributed by atoms with Gasteiger partial charge in [-0.2, -0.15) is 0 Å². The number of nitrogens with zero attached hydrogens (tertiary/aromatic N) is 3. The van der Waals surface area contributed by atoms with Gasteiger partial charge in [0.2, 0.25) is 5.91 Å². The highest BCUT2D eigenvalue weighted by molar-refractivity contribution is 5.95. The summed E-state index contributed by atoms with van der Waals surface area (Å²) in [5.74, 6) is -0.246. The Balaban J connectivity index is 1.48. The van der Waals surface area contributed by atoms with Gasteiger partial charge in [-0.05, 0) is 64.0 Å². The maximum absolute atomic E-state index is 13.7. The molecule has 1 aromatic rings. The van der Waals surface area contributed by atoms with E-state index in [0.29, 0.717) is 18.8 Å². The lowest BCUT2D eigenvalue weighted by Gasteiger charge is -2.48. The van der Waals surface area contributed by atoms with Gasteiger partial charge < -0.3 is 19.4 Å². The second-order valence-corrected chi connectivity index (χ2v) is 8.37. The van der Waals surface area contributed by atoms with Crippen molar-refractivity contribution in [1.29, 1.82) is 0 Å². The third-order valence-corrected chi connectivity index (χ3v) is 6.29. The summed E-state index contributed by atoms with van der Waals surface area (Å²) >= 11 is 0. The number of benzene rings is 1. The van der Waals surface area contributed by atoms with Gasteiger partial charge in [-0.15, -0.1) is 0 Å². The first-order chi connectivity index (χ1) is 13.5. The number of carbonyl (C=O) groups excluding carboxylic acids is 2. The molecule has 0 bridgehead atoms. The molecule has 3 heterocycles. The van der Waals surface area contributed by atoms with Crippen LogP contribution in [0.2, 0.25) is 0 Å². The zero-order valence-corrected chi connectivity index (χ0v) is 16.4. The standard InChI is InChI=1S/C21H28FN3O3/c1-23-10-6-16(7-11-23)20(27)24-9-3-8-21(14-24)15-25(19(26)13-28-21)18-5-2-4-17(22)12-18/h2,4-5,12,16H,3,6-11,13-15H2,1H3. The highest BCUT2D eigenvalue weighted by atomic mass is 19.1. The van der Waals surface area contributed by atoms with Gasteiger partial charge in [-0.3, -0.25) is 9.59 Å². The molecule has 3 aliphatic heterocycles. The third-order valence-electron chi connectivity index (χ3n) is 6.29. The number of morpholine rings is 1. The molecule has 1 atom stereocenters. The summed E-state index contributed by atoms with van der Waals surface area (Å²) in [7, 11) is 2.09. The number of hydrogen-bond donors (Lipinski definition) is 0. The smallest absolute Gasteiger partial charge is 0.253 e. The molecule has 4 rings (SSSR count). The van der Waals surface area contributed by atoms with Crippen LogP contribution < -0.4 is 4.90 Å². The van der Waals surface area contributed by atoms with Gasteiger partial charge in [-0.25, -0.2) is 4.39 Å². The molecule has 7 heteroatoms. The maximum atomic E-state index is 13.7. The van der Waals surface area contributed by atoms with Gasteiger partial charge in [-0.1, -0.05) is 6.07 Å². The van der Waals surface area contributed by atoms with Crippen LogP contribution in [0.5, 0.6) is 0 Å². The number of hydrogen-bond acceptors (Lipinski definition) is 4. The topological polar surface area (TPSA) is 53.1 Å². The summed E-state index contributed by atoms with van der Waals surface area (Å²) in [5.41, 5.74) is -0.0222. The number of anilines is 1. The fourth-order valence-corrected chi connectivity index (χ4v) is 4.64. The lowest BCUT2D eigenvalue weighted by molar-refractivity contribution is -0.156. The Morgan fingerprint density at radius 1 is 1.21 bits per heavy atom. The van der Waals surface area contributed by atoms with E-state index < -0.39 is 5.60 Å². The number of piperidine rings is 2. The van der Waals surface area contributed by atoms with Crippen molar-refractivity contribution >= 4 is 17.5 Å². The van der Waals surface area contributed by atoms with Crippen molar-refractivity contribution in [3.05, 3.63) is 30.1 Å². The van der Waals surface area contributed by atoms with Crippen LogP contribution in [0, 0.1) is 11.7 Å². The van der Waals surface area contributed by atoms with E-state index in [9.17, 15) is 14.0 Å². The van der Waals surface area contributed by atoms with Gasteiger partial charge in [0.1, 0.15) is 18.0 Å². The molecule has 1 unspecified atom stereocenters. The van der Waals surface area contributed by atoms with E-state index in [4.69, 9.17) is 4.74 Å². The number of likely N-dealkylation sites (tertiary alicyclic amines) is 2. The van der Waals surface area contributed by atoms with Crippen LogP contribution in [0.3, 0.4) is 0 Å². The minimum Gasteiger partial charge on any atom is -0.361 e. The number of amides is 2. The summed E-state index contributed by atoms with van der Waals surface area (Å²) in [4.78, 5) is 31.3. The van der Waals surface area contributed by atoms with Crippen LogP contribution in [-0.4, -0.2) is 73.6 Å². The van der Waals surface area contributed by atoms with Crippen molar-refractivity contribution in [1.82, 2.24) is 9.80 Å². The molecule has 0 N–H and O–H groups in total. The average Bonchev–Trinajstić information content (AvgIpc) is 2.70. The quantitative estimate of drug-likeness (QED) is 0.775. The normalized spacial score (nSPS) is 27.4. The molecule has 3 saturated heterocycles. The fraction of sp³-hybridized carbons (Fsp3) is 0.619. The van der Waals surface area contributed by atoms with Crippen LogP contribution in [0.25, 0.3) is 0 Å². The van der Waals surface area contributed by atoms with Crippen molar-refractivity contribution in [3.63, 3.8) is 0 Å². The number of rotatable bonds is 2. The monoisotopic (exact) mass is 389 g/mol. The van der Waals surface area contributed by atoms with E-state index in [1.807, 2.05) is 4.90 Å². The Morgan fingerprint density at radius 2 is 2.00 bits per heavy atom. The predicted molar refractivity (Wildman–Crippen MR) is 103 cm³/mol. The van der Waals surface area contributed by atoms with Gasteiger partial charge >= 0.3 is 0 Å². The number of ether oxygens (including phenoxy) is 1. The number of carbonyl (C=O) groups is 2. The maximum Gasteiger partial charge on any atom is 0.253 e. The van der Waals surface area contributed by atoms with Crippen molar-refractivity contribution < 1.29 is 18.7 Å². The molecule has 0 radical (unpaired) electrons. The summed E-state index contributed by atoms with van der Waals surface area (Å²) < 4.78 is 19.7. The Kier molecular flexibility index (Phi) is 5.38. The predicted octanol–water partition coefficient (Wildman–Crippen LogP) is 1.89. The van der Waals surface area contributed by atoms with Crippen LogP contribution in [0.4, 0.5) is 10.1 Å². The first kappa shape index (κ1) is 19.3. The lowest BCUT2D eigenvalue weighted by atomic mass is 9.88.